The maximum Gasteiger partial charge on any atom is 0.119 e. The molecule has 0 radical (unpaired) electrons. The second-order valence-electron chi connectivity index (χ2n) is 8.12. The van der Waals surface area contributed by atoms with E-state index < -0.39 is 0 Å². The lowest BCUT2D eigenvalue weighted by molar-refractivity contribution is 0.145. The third-order valence-electron chi connectivity index (χ3n) is 4.44. The molecule has 2 rings (SSSR count). The van der Waals surface area contributed by atoms with Crippen molar-refractivity contribution in [2.75, 3.05) is 6.54 Å². The number of hydrogen-bond donors (Lipinski definition) is 1. The van der Waals surface area contributed by atoms with E-state index in [1.54, 1.807) is 11.9 Å². The Kier molecular flexibility index (Phi) is 10.1. The zero-order valence-electron chi connectivity index (χ0n) is 19.0. The molecule has 3 heteroatoms. The van der Waals surface area contributed by atoms with Gasteiger partial charge in [0.2, 0.25) is 0 Å². The zero-order chi connectivity index (χ0) is 21.2. The van der Waals surface area contributed by atoms with Crippen LogP contribution in [0.1, 0.15) is 55.4 Å². The number of rotatable bonds is 7. The number of hydrogen-bond acceptors (Lipinski definition) is 3. The highest BCUT2D eigenvalue weighted by Gasteiger charge is 2.24. The third kappa shape index (κ3) is 8.28. The van der Waals surface area contributed by atoms with Gasteiger partial charge in [-0.3, -0.25) is 4.72 Å². The largest absolute Gasteiger partial charge is 0.489 e. The van der Waals surface area contributed by atoms with E-state index in [9.17, 15) is 0 Å². The zero-order valence-corrected chi connectivity index (χ0v) is 19.8. The first-order chi connectivity index (χ1) is 13.2. The van der Waals surface area contributed by atoms with Crippen LogP contribution in [0.4, 0.5) is 0 Å². The Labute approximate surface area is 177 Å². The quantitative estimate of drug-likeness (QED) is 0.457. The van der Waals surface area contributed by atoms with Crippen LogP contribution in [0.2, 0.25) is 0 Å². The first-order valence-corrected chi connectivity index (χ1v) is 11.3. The van der Waals surface area contributed by atoms with Gasteiger partial charge in [0.25, 0.3) is 0 Å². The second kappa shape index (κ2) is 11.5. The Morgan fingerprint density at radius 2 is 1.61 bits per heavy atom. The molecule has 2 unspecified atom stereocenters. The lowest BCUT2D eigenvalue weighted by Gasteiger charge is -2.23. The molecule has 0 aromatic carbocycles. The van der Waals surface area contributed by atoms with Gasteiger partial charge in [-0.25, -0.2) is 0 Å². The second-order valence-corrected chi connectivity index (χ2v) is 9.59. The van der Waals surface area contributed by atoms with E-state index >= 15 is 0 Å². The predicted octanol–water partition coefficient (Wildman–Crippen LogP) is 7.16. The van der Waals surface area contributed by atoms with Crippen LogP contribution in [0.3, 0.4) is 0 Å². The van der Waals surface area contributed by atoms with Gasteiger partial charge in [-0.2, -0.15) is 0 Å². The summed E-state index contributed by atoms with van der Waals surface area (Å²) in [5.74, 6) is 0.905. The minimum Gasteiger partial charge on any atom is -0.489 e. The Morgan fingerprint density at radius 3 is 2.29 bits per heavy atom. The molecule has 0 spiro atoms. The van der Waals surface area contributed by atoms with Gasteiger partial charge in [0.1, 0.15) is 11.9 Å². The van der Waals surface area contributed by atoms with Crippen LogP contribution in [0, 0.1) is 10.8 Å². The summed E-state index contributed by atoms with van der Waals surface area (Å²) in [6, 6.07) is 0. The average Bonchev–Trinajstić information content (AvgIpc) is 2.93. The van der Waals surface area contributed by atoms with E-state index in [0.717, 1.165) is 12.3 Å². The fourth-order valence-corrected chi connectivity index (χ4v) is 3.43. The Bertz CT molecular complexity index is 664. The molecule has 0 amide bonds. The topological polar surface area (TPSA) is 21.3 Å². The molecule has 0 saturated carbocycles. The van der Waals surface area contributed by atoms with Crippen molar-refractivity contribution in [1.29, 1.82) is 0 Å². The van der Waals surface area contributed by atoms with Gasteiger partial charge in [0, 0.05) is 22.6 Å². The van der Waals surface area contributed by atoms with Gasteiger partial charge in [0.15, 0.2) is 0 Å². The molecule has 2 aliphatic carbocycles. The third-order valence-corrected chi connectivity index (χ3v) is 5.24. The van der Waals surface area contributed by atoms with Crippen LogP contribution in [-0.2, 0) is 4.74 Å². The van der Waals surface area contributed by atoms with Crippen molar-refractivity contribution < 1.29 is 4.74 Å². The van der Waals surface area contributed by atoms with Gasteiger partial charge < -0.3 is 4.74 Å². The molecule has 2 nitrogen and oxygen atoms in total. The van der Waals surface area contributed by atoms with Crippen molar-refractivity contribution in [2.24, 2.45) is 10.8 Å². The summed E-state index contributed by atoms with van der Waals surface area (Å²) in [7, 11) is 0. The summed E-state index contributed by atoms with van der Waals surface area (Å²) in [5.41, 5.74) is 1.23. The number of nitrogens with one attached hydrogen (secondary N) is 1. The molecule has 0 fully saturated rings. The predicted molar refractivity (Wildman–Crippen MR) is 127 cm³/mol. The lowest BCUT2D eigenvalue weighted by Crippen LogP contribution is -2.23. The number of allylic oxidation sites excluding steroid dienone is 11. The first kappa shape index (κ1) is 24.6. The van der Waals surface area contributed by atoms with Crippen LogP contribution < -0.4 is 4.72 Å². The van der Waals surface area contributed by atoms with E-state index in [4.69, 9.17) is 4.74 Å². The lowest BCUT2D eigenvalue weighted by atomic mass is 9.80. The van der Waals surface area contributed by atoms with Crippen LogP contribution in [0.25, 0.3) is 0 Å². The standard InChI is InChI=1S/C23H33NOS.C2H6/c1-18(2)26-24-17-19(3)25-21-10-8-14-23(6,16-12-21)20-9-7-13-22(4,5)15-11-20;1-2/h7-16,18-19,24H,17H2,1-6H3;1-2H3. The first-order valence-electron chi connectivity index (χ1n) is 10.4. The molecule has 1 N–H and O–H groups in total. The molecule has 0 saturated heterocycles. The Balaban J connectivity index is 0.00000190. The van der Waals surface area contributed by atoms with Crippen molar-refractivity contribution in [3.05, 3.63) is 72.1 Å². The summed E-state index contributed by atoms with van der Waals surface area (Å²) >= 11 is 1.74. The number of ether oxygens (including phenoxy) is 1. The van der Waals surface area contributed by atoms with Gasteiger partial charge in [-0.1, -0.05) is 102 Å². The van der Waals surface area contributed by atoms with Crippen molar-refractivity contribution in [1.82, 2.24) is 4.72 Å². The van der Waals surface area contributed by atoms with Crippen molar-refractivity contribution in [2.45, 2.75) is 66.7 Å². The van der Waals surface area contributed by atoms with E-state index in [1.807, 2.05) is 13.8 Å². The van der Waals surface area contributed by atoms with Crippen molar-refractivity contribution >= 4 is 11.9 Å². The van der Waals surface area contributed by atoms with E-state index in [-0.39, 0.29) is 16.9 Å². The van der Waals surface area contributed by atoms with Gasteiger partial charge in [0.05, 0.1) is 0 Å². The summed E-state index contributed by atoms with van der Waals surface area (Å²) < 4.78 is 9.46. The summed E-state index contributed by atoms with van der Waals surface area (Å²) in [6.07, 6.45) is 22.0. The molecule has 0 aromatic heterocycles. The Hall–Kier alpha value is -1.45. The SMILES string of the molecule is CC.CC(CNSC(C)C)OC1=CC=CC(C)(C2=CC=CC(C)(C)C=C2)C=C1. The molecule has 0 aliphatic heterocycles. The van der Waals surface area contributed by atoms with Gasteiger partial charge in [-0.05, 0) is 31.6 Å². The van der Waals surface area contributed by atoms with Crippen LogP contribution >= 0.6 is 11.9 Å². The molecule has 0 bridgehead atoms. The molecule has 0 heterocycles. The normalized spacial score (nSPS) is 23.9. The fourth-order valence-electron chi connectivity index (χ4n) is 2.76. The highest BCUT2D eigenvalue weighted by molar-refractivity contribution is 7.97. The minimum atomic E-state index is -0.141. The summed E-state index contributed by atoms with van der Waals surface area (Å²) in [6.45, 7) is 18.0. The van der Waals surface area contributed by atoms with E-state index in [0.29, 0.717) is 5.25 Å². The monoisotopic (exact) mass is 401 g/mol. The maximum absolute atomic E-state index is 6.09. The van der Waals surface area contributed by atoms with E-state index in [2.05, 4.69) is 107 Å². The summed E-state index contributed by atoms with van der Waals surface area (Å²) in [5, 5.41) is 0.572. The smallest absolute Gasteiger partial charge is 0.119 e. The van der Waals surface area contributed by atoms with Crippen LogP contribution in [0.15, 0.2) is 72.1 Å². The molecular formula is C25H39NOS. The molecule has 0 aromatic rings. The molecule has 2 aliphatic rings. The fraction of sp³-hybridized carbons (Fsp3) is 0.520. The van der Waals surface area contributed by atoms with Gasteiger partial charge in [-0.15, -0.1) is 0 Å². The molecule has 2 atom stereocenters. The average molecular weight is 402 g/mol. The van der Waals surface area contributed by atoms with Crippen molar-refractivity contribution in [3.63, 3.8) is 0 Å². The highest BCUT2D eigenvalue weighted by Crippen LogP contribution is 2.36. The van der Waals surface area contributed by atoms with Crippen LogP contribution in [0.5, 0.6) is 0 Å². The summed E-state index contributed by atoms with van der Waals surface area (Å²) in [4.78, 5) is 0. The van der Waals surface area contributed by atoms with Crippen molar-refractivity contribution in [3.8, 4) is 0 Å². The molecule has 156 valence electrons. The Morgan fingerprint density at radius 1 is 0.929 bits per heavy atom. The molecular weight excluding hydrogens is 362 g/mol. The molecule has 28 heavy (non-hydrogen) atoms. The minimum absolute atomic E-state index is 0.0930. The van der Waals surface area contributed by atoms with Crippen LogP contribution in [-0.4, -0.2) is 17.9 Å². The van der Waals surface area contributed by atoms with Gasteiger partial charge >= 0.3 is 0 Å². The maximum atomic E-state index is 6.09. The van der Waals surface area contributed by atoms with E-state index in [1.165, 1.54) is 5.57 Å². The highest BCUT2D eigenvalue weighted by atomic mass is 32.2.